The Morgan fingerprint density at radius 2 is 1.81 bits per heavy atom. The molecule has 0 radical (unpaired) electrons. The molecule has 4 aromatic rings. The summed E-state index contributed by atoms with van der Waals surface area (Å²) < 4.78 is 7.61. The first-order valence-corrected chi connectivity index (χ1v) is 16.1. The Balaban J connectivity index is 1.59. The van der Waals surface area contributed by atoms with Crippen molar-refractivity contribution in [1.82, 2.24) is 19.8 Å². The molecule has 2 aliphatic heterocycles. The Bertz CT molecular complexity index is 1720. The third-order valence-electron chi connectivity index (χ3n) is 7.90. The zero-order valence-corrected chi connectivity index (χ0v) is 26.6. The summed E-state index contributed by atoms with van der Waals surface area (Å²) in [4.78, 5) is 21.6. The van der Waals surface area contributed by atoms with Crippen LogP contribution < -0.4 is 15.6 Å². The predicted octanol–water partition coefficient (Wildman–Crippen LogP) is 7.18. The number of halogens is 2. The van der Waals surface area contributed by atoms with E-state index in [9.17, 15) is 9.90 Å². The summed E-state index contributed by atoms with van der Waals surface area (Å²) in [5.41, 5.74) is 4.47. The minimum Gasteiger partial charge on any atom is -0.492 e. The zero-order chi connectivity index (χ0) is 30.2. The number of aliphatic hydroxyl groups excluding tert-OH is 1. The molecule has 2 aromatic carbocycles. The van der Waals surface area contributed by atoms with Crippen molar-refractivity contribution in [1.29, 1.82) is 0 Å². The van der Waals surface area contributed by atoms with Gasteiger partial charge >= 0.3 is 0 Å². The molecule has 43 heavy (non-hydrogen) atoms. The van der Waals surface area contributed by atoms with Crippen LogP contribution >= 0.6 is 34.5 Å². The van der Waals surface area contributed by atoms with Gasteiger partial charge in [0.05, 0.1) is 29.2 Å². The van der Waals surface area contributed by atoms with Crippen LogP contribution in [-0.4, -0.2) is 51.3 Å². The van der Waals surface area contributed by atoms with E-state index in [1.165, 1.54) is 11.3 Å². The molecule has 2 fully saturated rings. The summed E-state index contributed by atoms with van der Waals surface area (Å²) >= 11 is 14.0. The lowest BCUT2D eigenvalue weighted by Gasteiger charge is -2.37. The van der Waals surface area contributed by atoms with Crippen LogP contribution in [0.4, 0.5) is 0 Å². The summed E-state index contributed by atoms with van der Waals surface area (Å²) in [6.45, 7) is 7.71. The van der Waals surface area contributed by atoms with Crippen LogP contribution in [0.3, 0.4) is 0 Å². The maximum Gasteiger partial charge on any atom is 0.266 e. The van der Waals surface area contributed by atoms with Crippen molar-refractivity contribution in [3.63, 3.8) is 0 Å². The fraction of sp³-hybridized carbons (Fsp3) is 0.333. The molecule has 2 saturated heterocycles. The van der Waals surface area contributed by atoms with Gasteiger partial charge in [-0.15, -0.1) is 11.3 Å². The second-order valence-corrected chi connectivity index (χ2v) is 13.0. The van der Waals surface area contributed by atoms with E-state index in [0.29, 0.717) is 62.0 Å². The maximum atomic E-state index is 14.6. The predicted molar refractivity (Wildman–Crippen MR) is 176 cm³/mol. The molecule has 2 aromatic heterocycles. The van der Waals surface area contributed by atoms with E-state index in [-0.39, 0.29) is 5.56 Å². The third-order valence-corrected chi connectivity index (χ3v) is 9.26. The Hall–Kier alpha value is -2.98. The number of nitrogens with one attached hydrogen (secondary N) is 1. The largest absolute Gasteiger partial charge is 0.492 e. The van der Waals surface area contributed by atoms with Crippen molar-refractivity contribution in [2.75, 3.05) is 19.7 Å². The Morgan fingerprint density at radius 3 is 2.49 bits per heavy atom. The Kier molecular flexibility index (Phi) is 8.78. The topological polar surface area (TPSA) is 79.6 Å². The number of aromatic nitrogens is 2. The number of allylic oxidation sites excluding steroid dienone is 1. The van der Waals surface area contributed by atoms with E-state index in [1.807, 2.05) is 62.6 Å². The summed E-state index contributed by atoms with van der Waals surface area (Å²) in [6, 6.07) is 15.2. The van der Waals surface area contributed by atoms with Gasteiger partial charge in [0, 0.05) is 51.7 Å². The molecule has 10 heteroatoms. The van der Waals surface area contributed by atoms with Gasteiger partial charge < -0.3 is 15.2 Å². The molecule has 6 rings (SSSR count). The highest BCUT2D eigenvalue weighted by Gasteiger charge is 2.36. The van der Waals surface area contributed by atoms with Gasteiger partial charge in [-0.05, 0) is 76.1 Å². The van der Waals surface area contributed by atoms with E-state index in [4.69, 9.17) is 32.9 Å². The van der Waals surface area contributed by atoms with Crippen molar-refractivity contribution >= 4 is 40.6 Å². The molecular formula is C33H34Cl2N4O3S. The summed E-state index contributed by atoms with van der Waals surface area (Å²) in [5.74, 6) is 0.524. The molecule has 2 bridgehead atoms. The Labute approximate surface area is 265 Å². The van der Waals surface area contributed by atoms with Gasteiger partial charge in [0.1, 0.15) is 17.0 Å². The van der Waals surface area contributed by atoms with Crippen LogP contribution in [0.15, 0.2) is 64.3 Å². The molecular weight excluding hydrogens is 603 g/mol. The standard InChI is InChI=1S/C33H34Cl2N4O3S/c1-4-42-30-12-9-22(35)14-29(30)39-28(13-19(2)3)25(32(40)38-16-23-10-11-24(17-38)36-23)15-26(33(39)41)31-37-27(18-43-31)20-5-7-21(34)8-6-20/h5-9,12-15,18,23-24,32,36,40H,4,10-11,16-17H2,1-3H3. The lowest BCUT2D eigenvalue weighted by molar-refractivity contribution is -0.0177. The number of hydrogen-bond donors (Lipinski definition) is 2. The summed E-state index contributed by atoms with van der Waals surface area (Å²) in [5, 5.41) is 19.3. The summed E-state index contributed by atoms with van der Waals surface area (Å²) in [7, 11) is 0. The van der Waals surface area contributed by atoms with Gasteiger partial charge in [-0.3, -0.25) is 14.3 Å². The number of rotatable bonds is 8. The van der Waals surface area contributed by atoms with Crippen LogP contribution in [0.2, 0.25) is 10.0 Å². The highest BCUT2D eigenvalue weighted by atomic mass is 35.5. The van der Waals surface area contributed by atoms with Gasteiger partial charge in [0.2, 0.25) is 0 Å². The van der Waals surface area contributed by atoms with Gasteiger partial charge in [0.15, 0.2) is 0 Å². The first kappa shape index (κ1) is 30.1. The van der Waals surface area contributed by atoms with Crippen molar-refractivity contribution in [3.8, 4) is 33.3 Å². The number of piperazine rings is 1. The number of ether oxygens (including phenoxy) is 1. The highest BCUT2D eigenvalue weighted by Crippen LogP contribution is 2.36. The molecule has 2 aliphatic rings. The van der Waals surface area contributed by atoms with Gasteiger partial charge in [-0.2, -0.15) is 0 Å². The van der Waals surface area contributed by atoms with Gasteiger partial charge in [-0.1, -0.05) is 40.9 Å². The Morgan fingerprint density at radius 1 is 1.12 bits per heavy atom. The number of aliphatic hydroxyl groups is 1. The molecule has 2 N–H and O–H groups in total. The quantitative estimate of drug-likeness (QED) is 0.213. The van der Waals surface area contributed by atoms with Crippen LogP contribution in [0.5, 0.6) is 5.75 Å². The van der Waals surface area contributed by atoms with E-state index in [1.54, 1.807) is 22.8 Å². The molecule has 3 unspecified atom stereocenters. The molecule has 7 nitrogen and oxygen atoms in total. The van der Waals surface area contributed by atoms with E-state index >= 15 is 0 Å². The van der Waals surface area contributed by atoms with Crippen LogP contribution in [0.1, 0.15) is 51.1 Å². The van der Waals surface area contributed by atoms with Gasteiger partial charge in [-0.25, -0.2) is 4.98 Å². The number of hydrogen-bond acceptors (Lipinski definition) is 7. The fourth-order valence-electron chi connectivity index (χ4n) is 5.99. The smallest absolute Gasteiger partial charge is 0.266 e. The van der Waals surface area contributed by atoms with E-state index < -0.39 is 6.23 Å². The molecule has 224 valence electrons. The van der Waals surface area contributed by atoms with Crippen molar-refractivity contribution in [2.45, 2.75) is 51.9 Å². The number of thiazole rings is 1. The minimum absolute atomic E-state index is 0.274. The first-order chi connectivity index (χ1) is 20.7. The molecule has 3 atom stereocenters. The molecule has 4 heterocycles. The van der Waals surface area contributed by atoms with Crippen LogP contribution in [-0.2, 0) is 0 Å². The monoisotopic (exact) mass is 636 g/mol. The van der Waals surface area contributed by atoms with E-state index in [0.717, 1.165) is 42.8 Å². The third kappa shape index (κ3) is 6.18. The van der Waals surface area contributed by atoms with Crippen molar-refractivity contribution in [2.24, 2.45) is 0 Å². The van der Waals surface area contributed by atoms with Crippen molar-refractivity contribution in [3.05, 3.63) is 91.1 Å². The number of pyridine rings is 1. The molecule has 0 spiro atoms. The lowest BCUT2D eigenvalue weighted by Crippen LogP contribution is -2.52. The average molecular weight is 638 g/mol. The fourth-order valence-corrected chi connectivity index (χ4v) is 7.12. The molecule has 0 aliphatic carbocycles. The minimum atomic E-state index is -0.938. The second kappa shape index (κ2) is 12.6. The highest BCUT2D eigenvalue weighted by molar-refractivity contribution is 7.13. The lowest BCUT2D eigenvalue weighted by atomic mass is 10.0. The maximum absolute atomic E-state index is 14.6. The first-order valence-electron chi connectivity index (χ1n) is 14.5. The number of fused-ring (bicyclic) bond motifs is 2. The SMILES string of the molecule is CCOc1ccc(Cl)cc1-n1c(C=C(C)C)c(C(O)N2CC3CCC(C2)N3)cc(-c2nc(-c3ccc(Cl)cc3)cs2)c1=O. The normalized spacial score (nSPS) is 18.9. The van der Waals surface area contributed by atoms with Crippen LogP contribution in [0.25, 0.3) is 33.6 Å². The number of nitrogens with zero attached hydrogens (tertiary/aromatic N) is 3. The molecule has 0 amide bonds. The van der Waals surface area contributed by atoms with Crippen LogP contribution in [0, 0.1) is 0 Å². The van der Waals surface area contributed by atoms with Gasteiger partial charge in [0.25, 0.3) is 5.56 Å². The molecule has 0 saturated carbocycles. The second-order valence-electron chi connectivity index (χ2n) is 11.3. The number of benzene rings is 2. The van der Waals surface area contributed by atoms with Crippen molar-refractivity contribution < 1.29 is 9.84 Å². The summed E-state index contributed by atoms with van der Waals surface area (Å²) in [6.07, 6.45) is 3.18. The average Bonchev–Trinajstić information content (AvgIpc) is 3.60. The number of likely N-dealkylation sites (tertiary alicyclic amines) is 1. The zero-order valence-electron chi connectivity index (χ0n) is 24.3. The van der Waals surface area contributed by atoms with E-state index in [2.05, 4.69) is 10.2 Å².